The molecule has 5 rings (SSSR count). The highest BCUT2D eigenvalue weighted by molar-refractivity contribution is 7.96. The van der Waals surface area contributed by atoms with Crippen molar-refractivity contribution in [1.82, 2.24) is 9.88 Å². The first-order valence-corrected chi connectivity index (χ1v) is 13.4. The molecule has 0 saturated heterocycles. The Balaban J connectivity index is 1.22. The first-order chi connectivity index (χ1) is 19.1. The van der Waals surface area contributed by atoms with E-state index in [0.717, 1.165) is 34.4 Å². The standard InChI is InChI=1S/C26H16Cl3F3N4O3S/c27-16-10-20(28)23(21(29)11-16)34-25(37)36-40-33-12-13-1-7-18-15(9-13)4-8-19-22(18)35-39-24(19)14-2-5-17(6-3-14)38-26(30,31)32/h1-3,5-7,9-12H,4,8H2,(H2,34,36,37)/b33-12+. The summed E-state index contributed by atoms with van der Waals surface area (Å²) in [7, 11) is 0. The topological polar surface area (TPSA) is 88.8 Å². The largest absolute Gasteiger partial charge is 0.573 e. The molecule has 40 heavy (non-hydrogen) atoms. The molecule has 1 heterocycles. The lowest BCUT2D eigenvalue weighted by molar-refractivity contribution is -0.274. The predicted molar refractivity (Wildman–Crippen MR) is 150 cm³/mol. The maximum absolute atomic E-state index is 12.4. The van der Waals surface area contributed by atoms with Crippen LogP contribution in [0.2, 0.25) is 15.1 Å². The van der Waals surface area contributed by atoms with Gasteiger partial charge in [-0.15, -0.1) is 13.2 Å². The quantitative estimate of drug-likeness (QED) is 0.165. The molecule has 14 heteroatoms. The normalized spacial score (nSPS) is 12.7. The Kier molecular flexibility index (Phi) is 8.18. The maximum atomic E-state index is 12.4. The molecule has 4 aromatic rings. The van der Waals surface area contributed by atoms with Crippen LogP contribution in [0.4, 0.5) is 23.7 Å². The number of aryl methyl sites for hydroxylation is 1. The molecular weight excluding hydrogens is 612 g/mol. The summed E-state index contributed by atoms with van der Waals surface area (Å²) in [5.74, 6) is 0.195. The molecule has 1 aliphatic carbocycles. The van der Waals surface area contributed by atoms with E-state index in [1.807, 2.05) is 18.2 Å². The molecule has 0 saturated carbocycles. The van der Waals surface area contributed by atoms with E-state index in [9.17, 15) is 18.0 Å². The van der Waals surface area contributed by atoms with Gasteiger partial charge in [0.2, 0.25) is 0 Å². The van der Waals surface area contributed by atoms with Crippen molar-refractivity contribution >= 4 is 64.9 Å². The number of aromatic nitrogens is 1. The van der Waals surface area contributed by atoms with Crippen LogP contribution in [0.5, 0.6) is 5.75 Å². The number of alkyl halides is 3. The highest BCUT2D eigenvalue weighted by Crippen LogP contribution is 2.39. The fourth-order valence-corrected chi connectivity index (χ4v) is 5.41. The summed E-state index contributed by atoms with van der Waals surface area (Å²) in [4.78, 5) is 12.2. The van der Waals surface area contributed by atoms with Gasteiger partial charge in [-0.3, -0.25) is 4.72 Å². The van der Waals surface area contributed by atoms with Crippen molar-refractivity contribution < 1.29 is 27.2 Å². The molecule has 1 aliphatic rings. The molecule has 206 valence electrons. The number of anilines is 1. The number of hydrogen-bond donors (Lipinski definition) is 2. The van der Waals surface area contributed by atoms with Gasteiger partial charge in [0.05, 0.1) is 27.9 Å². The third-order valence-electron chi connectivity index (χ3n) is 5.81. The number of rotatable bonds is 6. The van der Waals surface area contributed by atoms with Gasteiger partial charge in [0.25, 0.3) is 0 Å². The summed E-state index contributed by atoms with van der Waals surface area (Å²) in [6, 6.07) is 13.5. The molecule has 0 atom stereocenters. The Morgan fingerprint density at radius 1 is 1.05 bits per heavy atom. The van der Waals surface area contributed by atoms with E-state index in [2.05, 4.69) is 24.3 Å². The summed E-state index contributed by atoms with van der Waals surface area (Å²) in [5, 5.41) is 7.52. The molecule has 7 nitrogen and oxygen atoms in total. The van der Waals surface area contributed by atoms with E-state index >= 15 is 0 Å². The zero-order chi connectivity index (χ0) is 28.4. The number of amides is 2. The van der Waals surface area contributed by atoms with Gasteiger partial charge < -0.3 is 14.6 Å². The van der Waals surface area contributed by atoms with Crippen LogP contribution in [0, 0.1) is 0 Å². The Morgan fingerprint density at radius 3 is 2.48 bits per heavy atom. The van der Waals surface area contributed by atoms with Gasteiger partial charge in [-0.05, 0) is 66.4 Å². The predicted octanol–water partition coefficient (Wildman–Crippen LogP) is 8.77. The first kappa shape index (κ1) is 28.2. The van der Waals surface area contributed by atoms with Crippen LogP contribution in [0.25, 0.3) is 22.6 Å². The third kappa shape index (κ3) is 6.49. The number of nitrogens with zero attached hydrogens (tertiary/aromatic N) is 2. The highest BCUT2D eigenvalue weighted by Gasteiger charge is 2.31. The molecule has 3 aromatic carbocycles. The lowest BCUT2D eigenvalue weighted by Gasteiger charge is -2.15. The smallest absolute Gasteiger partial charge is 0.406 e. The van der Waals surface area contributed by atoms with Gasteiger partial charge >= 0.3 is 12.4 Å². The van der Waals surface area contributed by atoms with E-state index in [1.165, 1.54) is 36.4 Å². The van der Waals surface area contributed by atoms with E-state index in [1.54, 1.807) is 6.21 Å². The van der Waals surface area contributed by atoms with Crippen LogP contribution in [0.3, 0.4) is 0 Å². The zero-order valence-corrected chi connectivity index (χ0v) is 23.1. The van der Waals surface area contributed by atoms with E-state index < -0.39 is 12.4 Å². The number of carbonyl (C=O) groups excluding carboxylic acids is 1. The molecule has 0 fully saturated rings. The number of nitrogens with one attached hydrogen (secondary N) is 2. The van der Waals surface area contributed by atoms with Gasteiger partial charge in [0.15, 0.2) is 5.76 Å². The van der Waals surface area contributed by atoms with Crippen molar-refractivity contribution in [2.75, 3.05) is 5.32 Å². The van der Waals surface area contributed by atoms with Crippen LogP contribution in [0.15, 0.2) is 63.5 Å². The molecule has 0 radical (unpaired) electrons. The van der Waals surface area contributed by atoms with Gasteiger partial charge in [0, 0.05) is 27.9 Å². The van der Waals surface area contributed by atoms with Crippen molar-refractivity contribution in [1.29, 1.82) is 0 Å². The number of urea groups is 1. The third-order valence-corrected chi connectivity index (χ3v) is 7.11. The van der Waals surface area contributed by atoms with Gasteiger partial charge in [-0.1, -0.05) is 52.1 Å². The summed E-state index contributed by atoms with van der Waals surface area (Å²) < 4.78 is 53.5. The van der Waals surface area contributed by atoms with Crippen molar-refractivity contribution in [3.63, 3.8) is 0 Å². The fourth-order valence-electron chi connectivity index (χ4n) is 4.13. The summed E-state index contributed by atoms with van der Waals surface area (Å²) in [6.45, 7) is 0. The highest BCUT2D eigenvalue weighted by atomic mass is 35.5. The number of benzene rings is 3. The number of hydrogen-bond acceptors (Lipinski definition) is 6. The van der Waals surface area contributed by atoms with Gasteiger partial charge in [-0.2, -0.15) is 0 Å². The van der Waals surface area contributed by atoms with Crippen molar-refractivity contribution in [3.05, 3.63) is 86.4 Å². The van der Waals surface area contributed by atoms with Crippen LogP contribution in [-0.2, 0) is 12.8 Å². The Labute approximate surface area is 244 Å². The van der Waals surface area contributed by atoms with Crippen molar-refractivity contribution in [2.45, 2.75) is 19.2 Å². The molecule has 2 N–H and O–H groups in total. The molecule has 2 amide bonds. The van der Waals surface area contributed by atoms with Crippen LogP contribution >= 0.6 is 46.9 Å². The van der Waals surface area contributed by atoms with Crippen molar-refractivity contribution in [2.24, 2.45) is 4.40 Å². The molecule has 0 unspecified atom stereocenters. The number of carbonyl (C=O) groups is 1. The minimum atomic E-state index is -4.76. The Morgan fingerprint density at radius 2 is 1.77 bits per heavy atom. The first-order valence-electron chi connectivity index (χ1n) is 11.5. The van der Waals surface area contributed by atoms with E-state index in [4.69, 9.17) is 39.3 Å². The summed E-state index contributed by atoms with van der Waals surface area (Å²) >= 11 is 18.8. The zero-order valence-electron chi connectivity index (χ0n) is 20.0. The van der Waals surface area contributed by atoms with Gasteiger partial charge in [-0.25, -0.2) is 9.19 Å². The fraction of sp³-hybridized carbons (Fsp3) is 0.115. The molecule has 1 aromatic heterocycles. The second kappa shape index (κ2) is 11.6. The number of fused-ring (bicyclic) bond motifs is 3. The minimum Gasteiger partial charge on any atom is -0.406 e. The Bertz CT molecular complexity index is 1590. The molecule has 0 spiro atoms. The summed E-state index contributed by atoms with van der Waals surface area (Å²) in [5.41, 5.74) is 5.13. The SMILES string of the molecule is O=C(NS/N=C/c1ccc2c(c1)CCc1c-2noc1-c1ccc(OC(F)(F)F)cc1)Nc1c(Cl)cc(Cl)cc1Cl. The second-order valence-corrected chi connectivity index (χ2v) is 10.3. The van der Waals surface area contributed by atoms with E-state index in [-0.39, 0.29) is 21.5 Å². The monoisotopic (exact) mass is 626 g/mol. The summed E-state index contributed by atoms with van der Waals surface area (Å²) in [6.07, 6.45) is -1.83. The molecular formula is C26H16Cl3F3N4O3S. The maximum Gasteiger partial charge on any atom is 0.573 e. The number of ether oxygens (including phenoxy) is 1. The lowest BCUT2D eigenvalue weighted by atomic mass is 9.87. The Hall–Kier alpha value is -3.38. The van der Waals surface area contributed by atoms with Crippen molar-refractivity contribution in [3.8, 4) is 28.3 Å². The van der Waals surface area contributed by atoms with Crippen LogP contribution in [0.1, 0.15) is 16.7 Å². The van der Waals surface area contributed by atoms with E-state index in [0.29, 0.717) is 34.9 Å². The lowest BCUT2D eigenvalue weighted by Crippen LogP contribution is -2.22. The average Bonchev–Trinajstić information content (AvgIpc) is 3.33. The average molecular weight is 628 g/mol. The second-order valence-electron chi connectivity index (χ2n) is 8.45. The minimum absolute atomic E-state index is 0.200. The number of halogens is 6. The van der Waals surface area contributed by atoms with Gasteiger partial charge in [0.1, 0.15) is 11.4 Å². The van der Waals surface area contributed by atoms with Crippen LogP contribution in [-0.4, -0.2) is 23.8 Å². The molecule has 0 aliphatic heterocycles. The van der Waals surface area contributed by atoms with Crippen LogP contribution < -0.4 is 14.8 Å². The molecule has 0 bridgehead atoms.